The number of nitrogens with zero attached hydrogens (tertiary/aromatic N) is 1. The third-order valence-corrected chi connectivity index (χ3v) is 3.74. The molecule has 0 radical (unpaired) electrons. The molecule has 2 rings (SSSR count). The molecule has 1 heterocycles. The van der Waals surface area contributed by atoms with Gasteiger partial charge in [-0.3, -0.25) is 9.69 Å². The molecule has 0 unspecified atom stereocenters. The van der Waals surface area contributed by atoms with Gasteiger partial charge in [0.2, 0.25) is 0 Å². The van der Waals surface area contributed by atoms with Crippen molar-refractivity contribution >= 4 is 5.78 Å². The summed E-state index contributed by atoms with van der Waals surface area (Å²) in [6.45, 7) is 8.74. The summed E-state index contributed by atoms with van der Waals surface area (Å²) in [5.41, 5.74) is 0.231. The van der Waals surface area contributed by atoms with Crippen molar-refractivity contribution in [2.75, 3.05) is 13.1 Å². The van der Waals surface area contributed by atoms with Gasteiger partial charge in [0.15, 0.2) is 0 Å². The summed E-state index contributed by atoms with van der Waals surface area (Å²) in [7, 11) is 0. The summed E-state index contributed by atoms with van der Waals surface area (Å²) in [4.78, 5) is 14.3. The number of hydrogen-bond acceptors (Lipinski definition) is 2. The first-order chi connectivity index (χ1) is 6.48. The van der Waals surface area contributed by atoms with Crippen LogP contribution in [-0.4, -0.2) is 29.3 Å². The number of ketones is 1. The fourth-order valence-electron chi connectivity index (χ4n) is 2.75. The Morgan fingerprint density at radius 3 is 2.07 bits per heavy atom. The second-order valence-corrected chi connectivity index (χ2v) is 5.80. The number of piperidine rings is 1. The van der Waals surface area contributed by atoms with Crippen LogP contribution >= 0.6 is 0 Å². The van der Waals surface area contributed by atoms with Crippen molar-refractivity contribution in [2.45, 2.75) is 45.6 Å². The molecule has 1 saturated heterocycles. The van der Waals surface area contributed by atoms with Crippen LogP contribution in [0.1, 0.15) is 40.0 Å². The maximum absolute atomic E-state index is 11.9. The number of carbonyl (C=O) groups is 1. The van der Waals surface area contributed by atoms with Crippen LogP contribution in [0, 0.1) is 11.8 Å². The van der Waals surface area contributed by atoms with Crippen molar-refractivity contribution in [3.8, 4) is 0 Å². The number of likely N-dealkylation sites (tertiary alicyclic amines) is 1. The van der Waals surface area contributed by atoms with E-state index in [4.69, 9.17) is 0 Å². The minimum Gasteiger partial charge on any atom is -0.299 e. The Bertz CT molecular complexity index is 225. The molecule has 2 aliphatic rings. The molecule has 2 atom stereocenters. The van der Waals surface area contributed by atoms with Gasteiger partial charge >= 0.3 is 0 Å². The number of carbonyl (C=O) groups excluding carboxylic acids is 1. The minimum absolute atomic E-state index is 0.231. The van der Waals surface area contributed by atoms with Crippen molar-refractivity contribution in [2.24, 2.45) is 11.8 Å². The van der Waals surface area contributed by atoms with Crippen LogP contribution in [0.5, 0.6) is 0 Å². The van der Waals surface area contributed by atoms with Crippen LogP contribution < -0.4 is 0 Å². The second kappa shape index (κ2) is 3.34. The summed E-state index contributed by atoms with van der Waals surface area (Å²) in [5, 5.41) is 0. The van der Waals surface area contributed by atoms with E-state index in [2.05, 4.69) is 25.7 Å². The number of fused-ring (bicyclic) bond motifs is 2. The molecule has 0 amide bonds. The van der Waals surface area contributed by atoms with Gasteiger partial charge in [0.25, 0.3) is 0 Å². The van der Waals surface area contributed by atoms with E-state index in [1.807, 2.05) is 0 Å². The fraction of sp³-hybridized carbons (Fsp3) is 0.917. The Kier molecular flexibility index (Phi) is 2.42. The lowest BCUT2D eigenvalue weighted by Gasteiger charge is -2.46. The van der Waals surface area contributed by atoms with E-state index in [0.29, 0.717) is 17.6 Å². The van der Waals surface area contributed by atoms with Crippen LogP contribution in [0.15, 0.2) is 0 Å². The zero-order valence-corrected chi connectivity index (χ0v) is 9.55. The maximum Gasteiger partial charge on any atom is 0.141 e. The highest BCUT2D eigenvalue weighted by molar-refractivity contribution is 5.85. The molecule has 1 aliphatic carbocycles. The first kappa shape index (κ1) is 10.2. The smallest absolute Gasteiger partial charge is 0.141 e. The van der Waals surface area contributed by atoms with Crippen LogP contribution in [0.4, 0.5) is 0 Å². The molecule has 2 fully saturated rings. The second-order valence-electron chi connectivity index (χ2n) is 5.80. The van der Waals surface area contributed by atoms with Crippen LogP contribution in [0.3, 0.4) is 0 Å². The quantitative estimate of drug-likeness (QED) is 0.590. The lowest BCUT2D eigenvalue weighted by molar-refractivity contribution is -0.136. The highest BCUT2D eigenvalue weighted by atomic mass is 16.1. The van der Waals surface area contributed by atoms with Crippen molar-refractivity contribution < 1.29 is 4.79 Å². The third-order valence-electron chi connectivity index (χ3n) is 3.74. The van der Waals surface area contributed by atoms with E-state index in [1.165, 1.54) is 6.42 Å². The molecule has 1 aliphatic heterocycles. The zero-order valence-electron chi connectivity index (χ0n) is 9.55. The molecule has 0 aromatic heterocycles. The average molecular weight is 195 g/mol. The molecule has 1 saturated carbocycles. The predicted octanol–water partition coefficient (Wildman–Crippen LogP) is 2.09. The lowest BCUT2D eigenvalue weighted by atomic mass is 9.75. The molecule has 80 valence electrons. The topological polar surface area (TPSA) is 20.3 Å². The molecule has 14 heavy (non-hydrogen) atoms. The average Bonchev–Trinajstić information content (AvgIpc) is 2.00. The molecular weight excluding hydrogens is 174 g/mol. The van der Waals surface area contributed by atoms with Gasteiger partial charge in [0, 0.05) is 30.5 Å². The van der Waals surface area contributed by atoms with E-state index in [0.717, 1.165) is 25.9 Å². The summed E-state index contributed by atoms with van der Waals surface area (Å²) in [6.07, 6.45) is 3.52. The van der Waals surface area contributed by atoms with Gasteiger partial charge in [0.1, 0.15) is 5.78 Å². The highest BCUT2D eigenvalue weighted by Crippen LogP contribution is 2.34. The Morgan fingerprint density at radius 2 is 1.64 bits per heavy atom. The molecule has 0 N–H and O–H groups in total. The van der Waals surface area contributed by atoms with Gasteiger partial charge in [0.05, 0.1) is 0 Å². The number of Topliss-reactive ketones (excluding diaryl/α,β-unsaturated/α-hetero) is 1. The molecule has 2 bridgehead atoms. The molecule has 2 nitrogen and oxygen atoms in total. The van der Waals surface area contributed by atoms with Crippen LogP contribution in [0.2, 0.25) is 0 Å². The highest BCUT2D eigenvalue weighted by Gasteiger charge is 2.40. The first-order valence-electron chi connectivity index (χ1n) is 5.77. The summed E-state index contributed by atoms with van der Waals surface area (Å²) in [6, 6.07) is 0. The fourth-order valence-corrected chi connectivity index (χ4v) is 2.75. The van der Waals surface area contributed by atoms with E-state index in [1.54, 1.807) is 0 Å². The van der Waals surface area contributed by atoms with Crippen LogP contribution in [-0.2, 0) is 4.79 Å². The lowest BCUT2D eigenvalue weighted by Crippen LogP contribution is -2.55. The van der Waals surface area contributed by atoms with Crippen LogP contribution in [0.25, 0.3) is 0 Å². The van der Waals surface area contributed by atoms with Crippen molar-refractivity contribution in [3.63, 3.8) is 0 Å². The normalized spacial score (nSPS) is 34.6. The maximum atomic E-state index is 11.9. The predicted molar refractivity (Wildman–Crippen MR) is 57.2 cm³/mol. The Labute approximate surface area is 86.7 Å². The van der Waals surface area contributed by atoms with E-state index >= 15 is 0 Å². The number of rotatable bonds is 0. The Balaban J connectivity index is 2.11. The van der Waals surface area contributed by atoms with Crippen molar-refractivity contribution in [1.82, 2.24) is 4.90 Å². The summed E-state index contributed by atoms with van der Waals surface area (Å²) >= 11 is 0. The van der Waals surface area contributed by atoms with E-state index in [-0.39, 0.29) is 5.54 Å². The molecule has 0 aromatic carbocycles. The third kappa shape index (κ3) is 1.72. The van der Waals surface area contributed by atoms with Gasteiger partial charge in [-0.15, -0.1) is 0 Å². The van der Waals surface area contributed by atoms with Crippen molar-refractivity contribution in [3.05, 3.63) is 0 Å². The SMILES string of the molecule is CC(C)(C)N1C[C@@H]2CCC[C@@H](C1)C2=O. The first-order valence-corrected chi connectivity index (χ1v) is 5.77. The number of hydrogen-bond donors (Lipinski definition) is 0. The Hall–Kier alpha value is -0.370. The minimum atomic E-state index is 0.231. The molecule has 2 heteroatoms. The monoisotopic (exact) mass is 195 g/mol. The molecule has 0 aromatic rings. The van der Waals surface area contributed by atoms with Gasteiger partial charge in [-0.05, 0) is 33.6 Å². The van der Waals surface area contributed by atoms with Gasteiger partial charge in [-0.2, -0.15) is 0 Å². The zero-order chi connectivity index (χ0) is 10.3. The van der Waals surface area contributed by atoms with Gasteiger partial charge < -0.3 is 0 Å². The van der Waals surface area contributed by atoms with E-state index in [9.17, 15) is 4.79 Å². The largest absolute Gasteiger partial charge is 0.299 e. The van der Waals surface area contributed by atoms with E-state index < -0.39 is 0 Å². The standard InChI is InChI=1S/C12H21NO/c1-12(2,3)13-7-9-5-4-6-10(8-13)11(9)14/h9-10H,4-8H2,1-3H3/t9-,10-/m0/s1. The molecular formula is C12H21NO. The molecule has 0 spiro atoms. The van der Waals surface area contributed by atoms with Gasteiger partial charge in [-0.1, -0.05) is 6.42 Å². The summed E-state index contributed by atoms with van der Waals surface area (Å²) in [5.74, 6) is 1.25. The summed E-state index contributed by atoms with van der Waals surface area (Å²) < 4.78 is 0. The Morgan fingerprint density at radius 1 is 1.14 bits per heavy atom. The van der Waals surface area contributed by atoms with Crippen molar-refractivity contribution in [1.29, 1.82) is 0 Å². The van der Waals surface area contributed by atoms with Gasteiger partial charge in [-0.25, -0.2) is 0 Å².